The number of aromatic amines is 1. The normalized spacial score (nSPS) is 26.2. The van der Waals surface area contributed by atoms with Gasteiger partial charge in [-0.2, -0.15) is 0 Å². The van der Waals surface area contributed by atoms with Crippen LogP contribution in [0, 0.1) is 0 Å². The first-order valence-corrected chi connectivity index (χ1v) is 6.52. The molecule has 0 saturated carbocycles. The second-order valence-electron chi connectivity index (χ2n) is 5.28. The van der Waals surface area contributed by atoms with Gasteiger partial charge in [0.05, 0.1) is 29.1 Å². The molecular formula is C13H15N3O3. The molecule has 100 valence electrons. The standard InChI is InChI=1S/C13H15N3O3/c14-9-3-12-10(15-13(17)19-12)4-11(9)16-5-7-1-2-8(6-16)18-7/h3-4,7-8H,1-2,5-6,14H2,(H,15,17). The van der Waals surface area contributed by atoms with E-state index in [0.717, 1.165) is 31.6 Å². The van der Waals surface area contributed by atoms with Crippen LogP contribution < -0.4 is 16.4 Å². The summed E-state index contributed by atoms with van der Waals surface area (Å²) in [5.41, 5.74) is 8.85. The molecular weight excluding hydrogens is 246 g/mol. The van der Waals surface area contributed by atoms with Crippen molar-refractivity contribution in [1.82, 2.24) is 4.98 Å². The number of fused-ring (bicyclic) bond motifs is 3. The van der Waals surface area contributed by atoms with E-state index in [1.807, 2.05) is 6.07 Å². The third-order valence-electron chi connectivity index (χ3n) is 3.95. The maximum Gasteiger partial charge on any atom is 0.417 e. The Labute approximate surface area is 109 Å². The van der Waals surface area contributed by atoms with Crippen LogP contribution in [0.5, 0.6) is 0 Å². The van der Waals surface area contributed by atoms with Crippen LogP contribution in [-0.2, 0) is 4.74 Å². The van der Waals surface area contributed by atoms with Crippen molar-refractivity contribution in [3.05, 3.63) is 22.7 Å². The van der Waals surface area contributed by atoms with Crippen LogP contribution in [0.15, 0.2) is 21.3 Å². The van der Waals surface area contributed by atoms with Crippen LogP contribution in [0.4, 0.5) is 11.4 Å². The highest BCUT2D eigenvalue weighted by atomic mass is 16.5. The number of ether oxygens (including phenoxy) is 1. The largest absolute Gasteiger partial charge is 0.417 e. The van der Waals surface area contributed by atoms with Crippen molar-refractivity contribution in [3.8, 4) is 0 Å². The number of anilines is 2. The number of nitrogen functional groups attached to an aromatic ring is 1. The van der Waals surface area contributed by atoms with Crippen LogP contribution in [-0.4, -0.2) is 30.3 Å². The topological polar surface area (TPSA) is 84.5 Å². The predicted molar refractivity (Wildman–Crippen MR) is 71.4 cm³/mol. The van der Waals surface area contributed by atoms with E-state index >= 15 is 0 Å². The number of nitrogens with zero attached hydrogens (tertiary/aromatic N) is 1. The number of morpholine rings is 1. The van der Waals surface area contributed by atoms with E-state index in [1.165, 1.54) is 0 Å². The fourth-order valence-electron chi connectivity index (χ4n) is 3.09. The van der Waals surface area contributed by atoms with Crippen LogP contribution in [0.25, 0.3) is 11.1 Å². The maximum atomic E-state index is 11.2. The zero-order valence-corrected chi connectivity index (χ0v) is 10.4. The number of hydrogen-bond donors (Lipinski definition) is 2. The summed E-state index contributed by atoms with van der Waals surface area (Å²) < 4.78 is 10.8. The number of aromatic nitrogens is 1. The maximum absolute atomic E-state index is 11.2. The lowest BCUT2D eigenvalue weighted by molar-refractivity contribution is 0.0305. The van der Waals surface area contributed by atoms with Gasteiger partial charge in [0.15, 0.2) is 5.58 Å². The molecule has 2 aliphatic rings. The van der Waals surface area contributed by atoms with Crippen molar-refractivity contribution in [2.75, 3.05) is 23.7 Å². The molecule has 0 radical (unpaired) electrons. The fourth-order valence-corrected chi connectivity index (χ4v) is 3.09. The van der Waals surface area contributed by atoms with Crippen molar-refractivity contribution >= 4 is 22.5 Å². The molecule has 1 aromatic carbocycles. The van der Waals surface area contributed by atoms with Crippen molar-refractivity contribution in [2.45, 2.75) is 25.0 Å². The van der Waals surface area contributed by atoms with Gasteiger partial charge in [-0.3, -0.25) is 4.98 Å². The average molecular weight is 261 g/mol. The highest BCUT2D eigenvalue weighted by molar-refractivity contribution is 5.85. The molecule has 1 aromatic heterocycles. The van der Waals surface area contributed by atoms with Crippen molar-refractivity contribution in [1.29, 1.82) is 0 Å². The Morgan fingerprint density at radius 2 is 2.00 bits per heavy atom. The molecule has 3 N–H and O–H groups in total. The van der Waals surface area contributed by atoms with Gasteiger partial charge in [-0.25, -0.2) is 4.79 Å². The molecule has 2 bridgehead atoms. The molecule has 4 rings (SSSR count). The summed E-state index contributed by atoms with van der Waals surface area (Å²) in [6.07, 6.45) is 2.84. The first-order valence-electron chi connectivity index (χ1n) is 6.52. The smallest absolute Gasteiger partial charge is 0.408 e. The molecule has 2 unspecified atom stereocenters. The zero-order chi connectivity index (χ0) is 13.0. The summed E-state index contributed by atoms with van der Waals surface area (Å²) in [4.78, 5) is 16.1. The van der Waals surface area contributed by atoms with E-state index < -0.39 is 5.76 Å². The quantitative estimate of drug-likeness (QED) is 0.750. The van der Waals surface area contributed by atoms with Crippen LogP contribution >= 0.6 is 0 Å². The molecule has 6 heteroatoms. The molecule has 0 aliphatic carbocycles. The van der Waals surface area contributed by atoms with Crippen molar-refractivity contribution < 1.29 is 9.15 Å². The first kappa shape index (κ1) is 10.9. The second-order valence-corrected chi connectivity index (χ2v) is 5.28. The molecule has 2 saturated heterocycles. The molecule has 6 nitrogen and oxygen atoms in total. The van der Waals surface area contributed by atoms with E-state index in [4.69, 9.17) is 14.9 Å². The monoisotopic (exact) mass is 261 g/mol. The third-order valence-corrected chi connectivity index (χ3v) is 3.95. The van der Waals surface area contributed by atoms with Gasteiger partial charge in [0, 0.05) is 19.2 Å². The minimum atomic E-state index is -0.450. The molecule has 2 aromatic rings. The zero-order valence-electron chi connectivity index (χ0n) is 10.4. The van der Waals surface area contributed by atoms with Gasteiger partial charge < -0.3 is 19.8 Å². The van der Waals surface area contributed by atoms with Crippen molar-refractivity contribution in [3.63, 3.8) is 0 Å². The summed E-state index contributed by atoms with van der Waals surface area (Å²) in [6, 6.07) is 3.60. The minimum absolute atomic E-state index is 0.303. The van der Waals surface area contributed by atoms with Crippen LogP contribution in [0.1, 0.15) is 12.8 Å². The lowest BCUT2D eigenvalue weighted by Crippen LogP contribution is -2.42. The molecule has 3 heterocycles. The summed E-state index contributed by atoms with van der Waals surface area (Å²) in [6.45, 7) is 1.71. The Bertz CT molecular complexity index is 678. The van der Waals surface area contributed by atoms with Gasteiger partial charge in [-0.15, -0.1) is 0 Å². The van der Waals surface area contributed by atoms with Crippen LogP contribution in [0.2, 0.25) is 0 Å². The number of hydrogen-bond acceptors (Lipinski definition) is 5. The summed E-state index contributed by atoms with van der Waals surface area (Å²) >= 11 is 0. The highest BCUT2D eigenvalue weighted by Gasteiger charge is 2.34. The van der Waals surface area contributed by atoms with E-state index in [0.29, 0.717) is 29.0 Å². The molecule has 2 atom stereocenters. The molecule has 0 spiro atoms. The van der Waals surface area contributed by atoms with Gasteiger partial charge in [-0.05, 0) is 18.9 Å². The van der Waals surface area contributed by atoms with Gasteiger partial charge >= 0.3 is 5.76 Å². The summed E-state index contributed by atoms with van der Waals surface area (Å²) in [5, 5.41) is 0. The number of nitrogens with one attached hydrogen (secondary N) is 1. The van der Waals surface area contributed by atoms with E-state index in [1.54, 1.807) is 6.07 Å². The number of H-pyrrole nitrogens is 1. The molecule has 2 fully saturated rings. The Morgan fingerprint density at radius 3 is 2.74 bits per heavy atom. The fraction of sp³-hybridized carbons (Fsp3) is 0.462. The Hall–Kier alpha value is -1.95. The van der Waals surface area contributed by atoms with E-state index in [2.05, 4.69) is 9.88 Å². The second kappa shape index (κ2) is 3.77. The van der Waals surface area contributed by atoms with Gasteiger partial charge in [0.25, 0.3) is 0 Å². The Kier molecular flexibility index (Phi) is 2.17. The number of benzene rings is 1. The minimum Gasteiger partial charge on any atom is -0.408 e. The lowest BCUT2D eigenvalue weighted by atomic mass is 10.2. The molecule has 19 heavy (non-hydrogen) atoms. The van der Waals surface area contributed by atoms with E-state index in [9.17, 15) is 4.79 Å². The van der Waals surface area contributed by atoms with Crippen molar-refractivity contribution in [2.24, 2.45) is 0 Å². The first-order chi connectivity index (χ1) is 9.19. The highest BCUT2D eigenvalue weighted by Crippen LogP contribution is 2.34. The van der Waals surface area contributed by atoms with E-state index in [-0.39, 0.29) is 0 Å². The Balaban J connectivity index is 1.77. The molecule has 0 amide bonds. The SMILES string of the molecule is Nc1cc2oc(=O)[nH]c2cc1N1CC2CCC(C1)O2. The molecule has 2 aliphatic heterocycles. The van der Waals surface area contributed by atoms with Crippen LogP contribution in [0.3, 0.4) is 0 Å². The summed E-state index contributed by atoms with van der Waals surface area (Å²) in [7, 11) is 0. The number of oxazole rings is 1. The average Bonchev–Trinajstić information content (AvgIpc) is 2.89. The third kappa shape index (κ3) is 1.71. The van der Waals surface area contributed by atoms with Gasteiger partial charge in [-0.1, -0.05) is 0 Å². The Morgan fingerprint density at radius 1 is 1.26 bits per heavy atom. The lowest BCUT2D eigenvalue weighted by Gasteiger charge is -2.34. The number of rotatable bonds is 1. The van der Waals surface area contributed by atoms with Gasteiger partial charge in [0.2, 0.25) is 0 Å². The van der Waals surface area contributed by atoms with Gasteiger partial charge in [0.1, 0.15) is 0 Å². The summed E-state index contributed by atoms with van der Waals surface area (Å²) in [5.74, 6) is -0.450. The predicted octanol–water partition coefficient (Wildman–Crippen LogP) is 1.07. The number of nitrogens with two attached hydrogens (primary N) is 1.